The van der Waals surface area contributed by atoms with Crippen LogP contribution in [0.2, 0.25) is 0 Å². The summed E-state index contributed by atoms with van der Waals surface area (Å²) in [5.41, 5.74) is 1.49. The van der Waals surface area contributed by atoms with Crippen LogP contribution < -0.4 is 10.6 Å². The molecule has 13 heteroatoms. The van der Waals surface area contributed by atoms with E-state index in [4.69, 9.17) is 13.7 Å². The molecule has 0 bridgehead atoms. The molecule has 0 fully saturated rings. The van der Waals surface area contributed by atoms with Gasteiger partial charge in [0.15, 0.2) is 6.61 Å². The van der Waals surface area contributed by atoms with Gasteiger partial charge in [0.2, 0.25) is 5.91 Å². The Kier molecular flexibility index (Phi) is 10.2. The van der Waals surface area contributed by atoms with Crippen LogP contribution in [0.4, 0.5) is 4.79 Å². The Morgan fingerprint density at radius 2 is 1.57 bits per heavy atom. The molecule has 0 saturated heterocycles. The molecule has 0 aliphatic rings. The van der Waals surface area contributed by atoms with E-state index in [-0.39, 0.29) is 24.2 Å². The Bertz CT molecular complexity index is 2230. The van der Waals surface area contributed by atoms with E-state index in [2.05, 4.69) is 10.6 Å². The number of phosphoric acid groups is 1. The summed E-state index contributed by atoms with van der Waals surface area (Å²) in [4.78, 5) is 60.0. The second-order valence-corrected chi connectivity index (χ2v) is 13.6. The molecule has 2 aromatic heterocycles. The monoisotopic (exact) mass is 709 g/mol. The van der Waals surface area contributed by atoms with Crippen LogP contribution in [0.25, 0.3) is 21.9 Å². The lowest BCUT2D eigenvalue weighted by atomic mass is 9.91. The predicted molar refractivity (Wildman–Crippen MR) is 190 cm³/mol. The molecule has 0 aliphatic carbocycles. The van der Waals surface area contributed by atoms with Crippen molar-refractivity contribution < 1.29 is 42.4 Å². The van der Waals surface area contributed by atoms with Crippen LogP contribution in [0.3, 0.4) is 0 Å². The third kappa shape index (κ3) is 8.28. The first kappa shape index (κ1) is 35.3. The zero-order valence-electron chi connectivity index (χ0n) is 27.8. The lowest BCUT2D eigenvalue weighted by Gasteiger charge is -2.30. The van der Waals surface area contributed by atoms with Gasteiger partial charge in [-0.05, 0) is 54.8 Å². The average molecular weight is 710 g/mol. The van der Waals surface area contributed by atoms with Crippen LogP contribution >= 0.6 is 7.82 Å². The molecule has 0 aliphatic heterocycles. The molecule has 262 valence electrons. The number of rotatable bonds is 12. The molecule has 51 heavy (non-hydrogen) atoms. The molecular weight excluding hydrogens is 673 g/mol. The fourth-order valence-electron chi connectivity index (χ4n) is 5.95. The van der Waals surface area contributed by atoms with Gasteiger partial charge in [0.25, 0.3) is 5.91 Å². The summed E-state index contributed by atoms with van der Waals surface area (Å²) < 4.78 is 28.8. The number of aromatic nitrogens is 1. The van der Waals surface area contributed by atoms with Gasteiger partial charge in [-0.2, -0.15) is 0 Å². The van der Waals surface area contributed by atoms with E-state index < -0.39 is 43.9 Å². The summed E-state index contributed by atoms with van der Waals surface area (Å²) in [5.74, 6) is -0.532. The van der Waals surface area contributed by atoms with Gasteiger partial charge in [0.1, 0.15) is 16.9 Å². The molecule has 12 nitrogen and oxygen atoms in total. The molecule has 2 amide bonds. The van der Waals surface area contributed by atoms with Crippen LogP contribution in [0.5, 0.6) is 0 Å². The number of carbonyl (C=O) groups excluding carboxylic acids is 3. The van der Waals surface area contributed by atoms with Gasteiger partial charge in [-0.25, -0.2) is 9.36 Å². The molecule has 4 N–H and O–H groups in total. The Balaban J connectivity index is 1.30. The third-order valence-electron chi connectivity index (χ3n) is 8.54. The van der Waals surface area contributed by atoms with Crippen molar-refractivity contribution in [3.63, 3.8) is 0 Å². The molecular formula is C38H36N3O9P. The van der Waals surface area contributed by atoms with Gasteiger partial charge >= 0.3 is 13.9 Å². The minimum absolute atomic E-state index is 0.0379. The Labute approximate surface area is 293 Å². The Hall–Kier alpha value is -5.52. The molecule has 0 saturated carbocycles. The highest BCUT2D eigenvalue weighted by Crippen LogP contribution is 2.37. The van der Waals surface area contributed by atoms with Gasteiger partial charge in [0.05, 0.1) is 18.2 Å². The van der Waals surface area contributed by atoms with Crippen LogP contribution in [-0.2, 0) is 38.3 Å². The highest BCUT2D eigenvalue weighted by molar-refractivity contribution is 7.46. The van der Waals surface area contributed by atoms with Gasteiger partial charge in [-0.15, -0.1) is 0 Å². The van der Waals surface area contributed by atoms with Crippen LogP contribution in [0.15, 0.2) is 120 Å². The van der Waals surface area contributed by atoms with Gasteiger partial charge in [-0.3, -0.25) is 18.7 Å². The zero-order chi connectivity index (χ0) is 36.2. The molecule has 2 heterocycles. The normalized spacial score (nSPS) is 13.4. The summed E-state index contributed by atoms with van der Waals surface area (Å²) in [6, 6.07) is 31.6. The smallest absolute Gasteiger partial charge is 0.457 e. The second kappa shape index (κ2) is 14.8. The number of hydrogen-bond donors (Lipinski definition) is 4. The number of nitrogens with one attached hydrogen (secondary N) is 2. The predicted octanol–water partition coefficient (Wildman–Crippen LogP) is 6.79. The number of alkyl carbamates (subject to hydrolysis) is 1. The number of fused-ring (bicyclic) bond motifs is 2. The first-order valence-electron chi connectivity index (χ1n) is 16.1. The highest BCUT2D eigenvalue weighted by atomic mass is 31.2. The van der Waals surface area contributed by atoms with E-state index in [1.807, 2.05) is 67.6 Å². The van der Waals surface area contributed by atoms with E-state index in [1.54, 1.807) is 55.6 Å². The number of para-hydroxylation sites is 2. The topological polar surface area (TPSA) is 169 Å². The number of carbonyl (C=O) groups is 3. The summed E-state index contributed by atoms with van der Waals surface area (Å²) >= 11 is 0. The van der Waals surface area contributed by atoms with Gasteiger partial charge in [-0.1, -0.05) is 84.9 Å². The summed E-state index contributed by atoms with van der Waals surface area (Å²) in [6.07, 6.45) is 0.713. The maximum Gasteiger partial charge on any atom is 0.469 e. The Morgan fingerprint density at radius 3 is 2.33 bits per heavy atom. The largest absolute Gasteiger partial charge is 0.469 e. The van der Waals surface area contributed by atoms with Crippen LogP contribution in [-0.4, -0.2) is 37.8 Å². The van der Waals surface area contributed by atoms with E-state index in [0.29, 0.717) is 27.8 Å². The summed E-state index contributed by atoms with van der Waals surface area (Å²) in [6.45, 7) is 2.77. The molecule has 0 radical (unpaired) electrons. The maximum atomic E-state index is 14.1. The van der Waals surface area contributed by atoms with Crippen molar-refractivity contribution in [2.45, 2.75) is 45.1 Å². The second-order valence-electron chi connectivity index (χ2n) is 12.3. The van der Waals surface area contributed by atoms with E-state index in [0.717, 1.165) is 10.9 Å². The van der Waals surface area contributed by atoms with Crippen molar-refractivity contribution in [1.82, 2.24) is 15.2 Å². The molecule has 2 atom stereocenters. The number of phosphoric ester groups is 1. The number of nitrogens with zero attached hydrogens (tertiary/aromatic N) is 1. The zero-order valence-corrected chi connectivity index (χ0v) is 28.7. The SMILES string of the molecule is CC(NC(=O)C(C)(Cc1cn(C(=O)c2ccccc2COP(=O)(O)O)c2ccccc12)NC(=O)OCc1cc2ccccc2o1)c1ccccc1. The average Bonchev–Trinajstić information content (AvgIpc) is 3.71. The minimum atomic E-state index is -4.80. The van der Waals surface area contributed by atoms with E-state index in [9.17, 15) is 28.7 Å². The number of benzene rings is 4. The number of ether oxygens (including phenoxy) is 1. The standard InChI is InChI=1S/C38H36N3O9P/c1-25(26-12-4-3-5-13-26)39-36(43)38(2,40-37(44)48-24-30-20-27-14-7-11-19-34(27)50-30)21-29-22-41(33-18-10-9-16-31(29)33)35(42)32-17-8-6-15-28(32)23-49-51(45,46)47/h3-20,22,25H,21,23-24H2,1-2H3,(H,39,43)(H,40,44)(H2,45,46,47). The van der Waals surface area contributed by atoms with Crippen molar-refractivity contribution in [3.8, 4) is 0 Å². The van der Waals surface area contributed by atoms with Crippen LogP contribution in [0, 0.1) is 0 Å². The molecule has 4 aromatic carbocycles. The van der Waals surface area contributed by atoms with Crippen molar-refractivity contribution in [2.75, 3.05) is 0 Å². The first-order chi connectivity index (χ1) is 24.4. The quantitative estimate of drug-likeness (QED) is 0.1000. The van der Waals surface area contributed by atoms with Gasteiger partial charge < -0.3 is 29.6 Å². The maximum absolute atomic E-state index is 14.1. The number of hydrogen-bond acceptors (Lipinski definition) is 7. The van der Waals surface area contributed by atoms with Crippen molar-refractivity contribution >= 4 is 47.6 Å². The molecule has 6 rings (SSSR count). The lowest BCUT2D eigenvalue weighted by molar-refractivity contribution is -0.127. The Morgan fingerprint density at radius 1 is 0.882 bits per heavy atom. The fraction of sp³-hybridized carbons (Fsp3) is 0.184. The fourth-order valence-corrected chi connectivity index (χ4v) is 6.25. The molecule has 6 aromatic rings. The van der Waals surface area contributed by atoms with E-state index >= 15 is 0 Å². The number of furan rings is 1. The van der Waals surface area contributed by atoms with E-state index in [1.165, 1.54) is 10.6 Å². The van der Waals surface area contributed by atoms with Crippen LogP contribution in [0.1, 0.15) is 52.7 Å². The third-order valence-corrected chi connectivity index (χ3v) is 9.01. The van der Waals surface area contributed by atoms with Gasteiger partial charge in [0, 0.05) is 29.0 Å². The van der Waals surface area contributed by atoms with Crippen molar-refractivity contribution in [1.29, 1.82) is 0 Å². The van der Waals surface area contributed by atoms with Crippen molar-refractivity contribution in [2.24, 2.45) is 0 Å². The summed E-state index contributed by atoms with van der Waals surface area (Å²) in [5, 5.41) is 7.30. The van der Waals surface area contributed by atoms with Crippen molar-refractivity contribution in [3.05, 3.63) is 143 Å². The lowest BCUT2D eigenvalue weighted by Crippen LogP contribution is -2.58. The molecule has 0 spiro atoms. The first-order valence-corrected chi connectivity index (χ1v) is 17.6. The highest BCUT2D eigenvalue weighted by Gasteiger charge is 2.38. The minimum Gasteiger partial charge on any atom is -0.457 e. The number of amides is 2. The summed E-state index contributed by atoms with van der Waals surface area (Å²) in [7, 11) is -4.80. The molecule has 2 unspecified atom stereocenters.